The second-order valence-corrected chi connectivity index (χ2v) is 10.9. The molecule has 5 N–H and O–H groups in total. The fourth-order valence-electron chi connectivity index (χ4n) is 5.55. The van der Waals surface area contributed by atoms with Gasteiger partial charge in [0.25, 0.3) is 0 Å². The van der Waals surface area contributed by atoms with Crippen LogP contribution in [0.4, 0.5) is 5.69 Å². The van der Waals surface area contributed by atoms with E-state index in [1.54, 1.807) is 12.1 Å². The molecule has 4 aromatic rings. The number of piperidine rings is 1. The number of aliphatic hydroxyl groups is 2. The number of nitrogens with one attached hydrogen (secondary N) is 2. The van der Waals surface area contributed by atoms with Crippen LogP contribution >= 0.6 is 0 Å². The largest absolute Gasteiger partial charge is 0.508 e. The normalized spacial score (nSPS) is 15.0. The molecule has 0 spiro atoms. The SMILES string of the molecule is C=O.Cc1ccc2[nH]c(C(O)c3ccc(OCCC(O)CN4CCCCC4)cc3)c(CCNc3ccc(O)cc3)c2c1. The Morgan fingerprint density at radius 3 is 2.40 bits per heavy atom. The summed E-state index contributed by atoms with van der Waals surface area (Å²) in [6.07, 6.45) is 3.85. The lowest BCUT2D eigenvalue weighted by molar-refractivity contribution is -0.0980. The number of aromatic nitrogens is 1. The van der Waals surface area contributed by atoms with Crippen LogP contribution in [0.15, 0.2) is 66.7 Å². The van der Waals surface area contributed by atoms with Crippen LogP contribution in [-0.4, -0.2) is 70.9 Å². The minimum Gasteiger partial charge on any atom is -0.508 e. The Kier molecular flexibility index (Phi) is 11.4. The van der Waals surface area contributed by atoms with E-state index in [2.05, 4.69) is 40.3 Å². The molecular weight excluding hydrogens is 530 g/mol. The number of H-pyrrole nitrogens is 1. The molecule has 0 bridgehead atoms. The molecule has 2 heterocycles. The van der Waals surface area contributed by atoms with Crippen LogP contribution in [-0.2, 0) is 11.2 Å². The monoisotopic (exact) mass is 573 g/mol. The molecule has 1 saturated heterocycles. The van der Waals surface area contributed by atoms with Gasteiger partial charge in [-0.15, -0.1) is 0 Å². The van der Waals surface area contributed by atoms with Crippen molar-refractivity contribution in [2.45, 2.75) is 51.2 Å². The predicted molar refractivity (Wildman–Crippen MR) is 167 cm³/mol. The summed E-state index contributed by atoms with van der Waals surface area (Å²) in [4.78, 5) is 13.8. The number of carbonyl (C=O) groups is 1. The number of likely N-dealkylation sites (tertiary alicyclic amines) is 1. The molecule has 8 heteroatoms. The lowest BCUT2D eigenvalue weighted by atomic mass is 9.99. The van der Waals surface area contributed by atoms with Crippen LogP contribution in [0.1, 0.15) is 54.2 Å². The molecule has 8 nitrogen and oxygen atoms in total. The van der Waals surface area contributed by atoms with Gasteiger partial charge in [0.1, 0.15) is 24.4 Å². The first kappa shape index (κ1) is 31.1. The van der Waals surface area contributed by atoms with Crippen molar-refractivity contribution in [3.05, 3.63) is 89.1 Å². The lowest BCUT2D eigenvalue weighted by Gasteiger charge is -2.28. The topological polar surface area (TPSA) is 118 Å². The van der Waals surface area contributed by atoms with Gasteiger partial charge in [-0.25, -0.2) is 0 Å². The number of phenols is 1. The number of hydrogen-bond donors (Lipinski definition) is 5. The summed E-state index contributed by atoms with van der Waals surface area (Å²) in [6, 6.07) is 20.9. The summed E-state index contributed by atoms with van der Waals surface area (Å²) in [6.45, 7) is 8.08. The smallest absolute Gasteiger partial charge is 0.119 e. The fraction of sp³-hybridized carbons (Fsp3) is 0.382. The molecule has 42 heavy (non-hydrogen) atoms. The molecule has 2 atom stereocenters. The summed E-state index contributed by atoms with van der Waals surface area (Å²) in [7, 11) is 0. The Bertz CT molecular complexity index is 1380. The van der Waals surface area contributed by atoms with Crippen molar-refractivity contribution in [1.29, 1.82) is 0 Å². The quantitative estimate of drug-likeness (QED) is 0.145. The molecule has 0 amide bonds. The Hall–Kier alpha value is -3.85. The number of hydrogen-bond acceptors (Lipinski definition) is 7. The first-order valence-electron chi connectivity index (χ1n) is 14.7. The standard InChI is InChI=1S/C33H41N3O4.CH2O/c1-23-5-14-31-30(21-23)29(15-17-34-25-8-10-26(37)11-9-25)32(35-31)33(39)24-6-12-28(13-7-24)40-20-16-27(38)22-36-18-3-2-4-19-36;1-2/h5-14,21,27,33-35,37-39H,2-4,15-20,22H2,1H3;1H2. The first-order chi connectivity index (χ1) is 20.5. The van der Waals surface area contributed by atoms with E-state index in [0.29, 0.717) is 26.1 Å². The van der Waals surface area contributed by atoms with Gasteiger partial charge in [0, 0.05) is 36.1 Å². The molecule has 1 fully saturated rings. The van der Waals surface area contributed by atoms with E-state index in [0.717, 1.165) is 58.7 Å². The van der Waals surface area contributed by atoms with Crippen LogP contribution in [0.5, 0.6) is 11.5 Å². The third kappa shape index (κ3) is 8.35. The van der Waals surface area contributed by atoms with Crippen molar-refractivity contribution in [3.63, 3.8) is 0 Å². The van der Waals surface area contributed by atoms with E-state index in [-0.39, 0.29) is 11.9 Å². The van der Waals surface area contributed by atoms with Crippen molar-refractivity contribution < 1.29 is 24.9 Å². The highest BCUT2D eigenvalue weighted by molar-refractivity contribution is 5.85. The minimum atomic E-state index is -0.809. The van der Waals surface area contributed by atoms with Gasteiger partial charge in [-0.05, 0) is 98.9 Å². The number of fused-ring (bicyclic) bond motifs is 1. The number of ether oxygens (including phenoxy) is 1. The molecule has 0 radical (unpaired) electrons. The van der Waals surface area contributed by atoms with E-state index >= 15 is 0 Å². The molecule has 1 aliphatic rings. The number of rotatable bonds is 12. The number of β-amino-alcohol motifs (C(OH)–C–C–N with tert-alkyl or cyclic N) is 1. The van der Waals surface area contributed by atoms with Crippen molar-refractivity contribution in [3.8, 4) is 11.5 Å². The third-order valence-electron chi connectivity index (χ3n) is 7.77. The minimum absolute atomic E-state index is 0.241. The number of phenolic OH excluding ortho intramolecular Hbond substituents is 1. The number of anilines is 1. The van der Waals surface area contributed by atoms with Gasteiger partial charge in [0.2, 0.25) is 0 Å². The average Bonchev–Trinajstić information content (AvgIpc) is 3.37. The Morgan fingerprint density at radius 1 is 0.976 bits per heavy atom. The Labute approximate surface area is 248 Å². The molecule has 1 aliphatic heterocycles. The van der Waals surface area contributed by atoms with Gasteiger partial charge in [0.05, 0.1) is 18.4 Å². The molecule has 0 aliphatic carbocycles. The van der Waals surface area contributed by atoms with Crippen molar-refractivity contribution in [2.75, 3.05) is 38.1 Å². The highest BCUT2D eigenvalue weighted by Gasteiger charge is 2.20. The molecule has 1 aromatic heterocycles. The van der Waals surface area contributed by atoms with Crippen LogP contribution in [0.3, 0.4) is 0 Å². The van der Waals surface area contributed by atoms with E-state index in [9.17, 15) is 15.3 Å². The Balaban J connectivity index is 0.00000198. The van der Waals surface area contributed by atoms with Crippen molar-refractivity contribution in [2.24, 2.45) is 0 Å². The molecular formula is C34H43N3O5. The van der Waals surface area contributed by atoms with E-state index in [1.807, 2.05) is 43.2 Å². The molecule has 224 valence electrons. The second-order valence-electron chi connectivity index (χ2n) is 10.9. The summed E-state index contributed by atoms with van der Waals surface area (Å²) in [5.41, 5.74) is 5.77. The van der Waals surface area contributed by atoms with Gasteiger partial charge < -0.3 is 40.1 Å². The Morgan fingerprint density at radius 2 is 1.69 bits per heavy atom. The number of aryl methyl sites for hydroxylation is 1. The molecule has 0 saturated carbocycles. The molecule has 3 aromatic carbocycles. The van der Waals surface area contributed by atoms with Crippen molar-refractivity contribution >= 4 is 23.4 Å². The molecule has 2 unspecified atom stereocenters. The highest BCUT2D eigenvalue weighted by atomic mass is 16.5. The number of benzene rings is 3. The van der Waals surface area contributed by atoms with Crippen LogP contribution < -0.4 is 10.1 Å². The second kappa shape index (κ2) is 15.4. The van der Waals surface area contributed by atoms with E-state index < -0.39 is 6.10 Å². The summed E-state index contributed by atoms with van der Waals surface area (Å²) in [5.74, 6) is 0.969. The summed E-state index contributed by atoms with van der Waals surface area (Å²) >= 11 is 0. The predicted octanol–water partition coefficient (Wildman–Crippen LogP) is 5.35. The van der Waals surface area contributed by atoms with Gasteiger partial charge in [-0.3, -0.25) is 0 Å². The number of nitrogens with zero attached hydrogens (tertiary/aromatic N) is 1. The first-order valence-corrected chi connectivity index (χ1v) is 14.7. The number of aromatic amines is 1. The van der Waals surface area contributed by atoms with Gasteiger partial charge >= 0.3 is 0 Å². The van der Waals surface area contributed by atoms with Crippen LogP contribution in [0, 0.1) is 6.92 Å². The fourth-order valence-corrected chi connectivity index (χ4v) is 5.55. The van der Waals surface area contributed by atoms with Crippen LogP contribution in [0.2, 0.25) is 0 Å². The highest BCUT2D eigenvalue weighted by Crippen LogP contribution is 2.32. The van der Waals surface area contributed by atoms with Gasteiger partial charge in [-0.1, -0.05) is 30.2 Å². The maximum atomic E-state index is 11.4. The maximum Gasteiger partial charge on any atom is 0.119 e. The third-order valence-corrected chi connectivity index (χ3v) is 7.77. The lowest BCUT2D eigenvalue weighted by Crippen LogP contribution is -2.36. The molecule has 5 rings (SSSR count). The zero-order chi connectivity index (χ0) is 29.9. The van der Waals surface area contributed by atoms with E-state index in [4.69, 9.17) is 9.53 Å². The summed E-state index contributed by atoms with van der Waals surface area (Å²) < 4.78 is 5.90. The van der Waals surface area contributed by atoms with Gasteiger partial charge in [0.15, 0.2) is 0 Å². The summed E-state index contributed by atoms with van der Waals surface area (Å²) in [5, 5.41) is 35.9. The number of aliphatic hydroxyl groups excluding tert-OH is 2. The van der Waals surface area contributed by atoms with E-state index in [1.165, 1.54) is 24.8 Å². The number of aromatic hydroxyl groups is 1. The zero-order valence-corrected chi connectivity index (χ0v) is 24.4. The van der Waals surface area contributed by atoms with Crippen LogP contribution in [0.25, 0.3) is 10.9 Å². The number of carbonyl (C=O) groups excluding carboxylic acids is 1. The zero-order valence-electron chi connectivity index (χ0n) is 24.4. The average molecular weight is 574 g/mol. The van der Waals surface area contributed by atoms with Gasteiger partial charge in [-0.2, -0.15) is 0 Å². The maximum absolute atomic E-state index is 11.4. The van der Waals surface area contributed by atoms with Crippen molar-refractivity contribution in [1.82, 2.24) is 9.88 Å².